The van der Waals surface area contributed by atoms with Crippen LogP contribution in [-0.2, 0) is 11.2 Å². The van der Waals surface area contributed by atoms with Crippen molar-refractivity contribution in [1.29, 1.82) is 0 Å². The average molecular weight is 374 g/mol. The topological polar surface area (TPSA) is 81.2 Å². The van der Waals surface area contributed by atoms with Crippen LogP contribution in [0.15, 0.2) is 34.9 Å². The Balaban J connectivity index is 0.00000264. The summed E-state index contributed by atoms with van der Waals surface area (Å²) in [7, 11) is 0. The summed E-state index contributed by atoms with van der Waals surface area (Å²) in [4.78, 5) is 15.9. The molecule has 0 aliphatic rings. The lowest BCUT2D eigenvalue weighted by Gasteiger charge is -2.06. The maximum atomic E-state index is 11.7. The Morgan fingerprint density at radius 3 is 2.58 bits per heavy atom. The molecule has 0 radical (unpaired) electrons. The molecule has 0 aliphatic carbocycles. The van der Waals surface area contributed by atoms with E-state index in [-0.39, 0.29) is 36.8 Å². The zero-order valence-corrected chi connectivity index (χ0v) is 15.6. The van der Waals surface area contributed by atoms with Crippen LogP contribution >= 0.6 is 24.8 Å². The quantitative estimate of drug-likeness (QED) is 0.779. The lowest BCUT2D eigenvalue weighted by atomic mass is 10.1. The lowest BCUT2D eigenvalue weighted by molar-refractivity contribution is -0.121. The zero-order chi connectivity index (χ0) is 15.9. The molecule has 0 aliphatic heterocycles. The van der Waals surface area contributed by atoms with Gasteiger partial charge in [-0.1, -0.05) is 29.8 Å². The van der Waals surface area contributed by atoms with Gasteiger partial charge in [-0.3, -0.25) is 4.79 Å². The number of nitrogens with zero attached hydrogens (tertiary/aromatic N) is 1. The highest BCUT2D eigenvalue weighted by Gasteiger charge is 2.09. The van der Waals surface area contributed by atoms with Gasteiger partial charge in [-0.25, -0.2) is 4.98 Å². The highest BCUT2D eigenvalue weighted by molar-refractivity contribution is 5.85. The molecule has 5 nitrogen and oxygen atoms in total. The van der Waals surface area contributed by atoms with Crippen LogP contribution in [0.4, 0.5) is 0 Å². The number of hydrogen-bond donors (Lipinski definition) is 2. The molecule has 2 rings (SSSR count). The van der Waals surface area contributed by atoms with Gasteiger partial charge in [0.1, 0.15) is 0 Å². The molecule has 0 fully saturated rings. The van der Waals surface area contributed by atoms with Gasteiger partial charge in [0.2, 0.25) is 5.91 Å². The van der Waals surface area contributed by atoms with Gasteiger partial charge >= 0.3 is 0 Å². The number of aromatic nitrogens is 1. The molecule has 0 bridgehead atoms. The first-order valence-corrected chi connectivity index (χ1v) is 7.58. The Morgan fingerprint density at radius 2 is 1.96 bits per heavy atom. The van der Waals surface area contributed by atoms with E-state index in [1.165, 1.54) is 5.56 Å². The van der Waals surface area contributed by atoms with Crippen LogP contribution in [0.25, 0.3) is 11.3 Å². The first-order valence-electron chi connectivity index (χ1n) is 7.58. The third-order valence-electron chi connectivity index (χ3n) is 3.38. The average Bonchev–Trinajstić information content (AvgIpc) is 2.94. The Hall–Kier alpha value is -1.56. The summed E-state index contributed by atoms with van der Waals surface area (Å²) < 4.78 is 5.69. The van der Waals surface area contributed by atoms with Crippen molar-refractivity contribution < 1.29 is 9.21 Å². The van der Waals surface area contributed by atoms with Crippen LogP contribution in [0.2, 0.25) is 0 Å². The summed E-state index contributed by atoms with van der Waals surface area (Å²) in [5, 5.41) is 2.84. The molecule has 1 heterocycles. The molecule has 0 saturated carbocycles. The van der Waals surface area contributed by atoms with Crippen molar-refractivity contribution in [3.8, 4) is 11.3 Å². The van der Waals surface area contributed by atoms with E-state index in [4.69, 9.17) is 10.2 Å². The van der Waals surface area contributed by atoms with Crippen molar-refractivity contribution in [3.05, 3.63) is 41.9 Å². The second-order valence-electron chi connectivity index (χ2n) is 5.60. The zero-order valence-electron chi connectivity index (χ0n) is 14.0. The Morgan fingerprint density at radius 1 is 1.29 bits per heavy atom. The van der Waals surface area contributed by atoms with E-state index in [0.29, 0.717) is 25.3 Å². The molecular weight excluding hydrogens is 349 g/mol. The molecule has 0 saturated heterocycles. The maximum absolute atomic E-state index is 11.7. The van der Waals surface area contributed by atoms with Crippen molar-refractivity contribution in [3.63, 3.8) is 0 Å². The minimum atomic E-state index is -0.00395. The molecule has 1 aromatic carbocycles. The van der Waals surface area contributed by atoms with E-state index in [0.717, 1.165) is 17.7 Å². The van der Waals surface area contributed by atoms with Gasteiger partial charge in [0.15, 0.2) is 11.7 Å². The van der Waals surface area contributed by atoms with Gasteiger partial charge in [0.25, 0.3) is 0 Å². The van der Waals surface area contributed by atoms with Crippen molar-refractivity contribution in [2.45, 2.75) is 39.2 Å². The van der Waals surface area contributed by atoms with Gasteiger partial charge in [0, 0.05) is 31.0 Å². The minimum absolute atomic E-state index is 0. The summed E-state index contributed by atoms with van der Waals surface area (Å²) in [6.07, 6.45) is 3.35. The number of carbonyl (C=O) groups excluding carboxylic acids is 1. The van der Waals surface area contributed by atoms with Gasteiger partial charge < -0.3 is 15.5 Å². The third kappa shape index (κ3) is 7.34. The molecule has 1 unspecified atom stereocenters. The van der Waals surface area contributed by atoms with E-state index < -0.39 is 0 Å². The SMILES string of the molecule is Cc1ccc(-c2cnc(CCC(=O)NCCC(C)N)o2)cc1.Cl.Cl. The highest BCUT2D eigenvalue weighted by Crippen LogP contribution is 2.21. The van der Waals surface area contributed by atoms with Crippen LogP contribution in [0.5, 0.6) is 0 Å². The first kappa shape index (κ1) is 22.4. The number of benzene rings is 1. The Bertz CT molecular complexity index is 613. The molecule has 1 aromatic heterocycles. The maximum Gasteiger partial charge on any atom is 0.220 e. The summed E-state index contributed by atoms with van der Waals surface area (Å²) >= 11 is 0. The summed E-state index contributed by atoms with van der Waals surface area (Å²) in [6.45, 7) is 4.57. The fourth-order valence-corrected chi connectivity index (χ4v) is 2.03. The number of halogens is 2. The van der Waals surface area contributed by atoms with E-state index in [9.17, 15) is 4.79 Å². The van der Waals surface area contributed by atoms with Gasteiger partial charge in [0.05, 0.1) is 6.20 Å². The van der Waals surface area contributed by atoms with Crippen molar-refractivity contribution in [2.75, 3.05) is 6.54 Å². The smallest absolute Gasteiger partial charge is 0.220 e. The monoisotopic (exact) mass is 373 g/mol. The number of nitrogens with two attached hydrogens (primary N) is 1. The van der Waals surface area contributed by atoms with Crippen LogP contribution in [0.1, 0.15) is 31.2 Å². The summed E-state index contributed by atoms with van der Waals surface area (Å²) in [5.74, 6) is 1.31. The van der Waals surface area contributed by atoms with E-state index >= 15 is 0 Å². The van der Waals surface area contributed by atoms with Crippen LogP contribution in [0, 0.1) is 6.92 Å². The molecule has 24 heavy (non-hydrogen) atoms. The van der Waals surface area contributed by atoms with Gasteiger partial charge in [-0.2, -0.15) is 0 Å². The molecular formula is C17H25Cl2N3O2. The van der Waals surface area contributed by atoms with Crippen molar-refractivity contribution >= 4 is 30.7 Å². The fourth-order valence-electron chi connectivity index (χ4n) is 2.03. The highest BCUT2D eigenvalue weighted by atomic mass is 35.5. The number of aryl methyl sites for hydroxylation is 2. The van der Waals surface area contributed by atoms with Crippen molar-refractivity contribution in [1.82, 2.24) is 10.3 Å². The fraction of sp³-hybridized carbons (Fsp3) is 0.412. The molecule has 2 aromatic rings. The van der Waals surface area contributed by atoms with Gasteiger partial charge in [-0.15, -0.1) is 24.8 Å². The number of rotatable bonds is 7. The number of carbonyl (C=O) groups is 1. The van der Waals surface area contributed by atoms with Crippen LogP contribution in [-0.4, -0.2) is 23.5 Å². The molecule has 0 spiro atoms. The second kappa shape index (κ2) is 11.1. The van der Waals surface area contributed by atoms with E-state index in [2.05, 4.69) is 10.3 Å². The Labute approximate surface area is 155 Å². The molecule has 1 amide bonds. The normalized spacial score (nSPS) is 11.1. The number of nitrogens with one attached hydrogen (secondary N) is 1. The van der Waals surface area contributed by atoms with Gasteiger partial charge in [-0.05, 0) is 20.3 Å². The third-order valence-corrected chi connectivity index (χ3v) is 3.38. The molecule has 1 atom stereocenters. The largest absolute Gasteiger partial charge is 0.441 e. The van der Waals surface area contributed by atoms with Crippen LogP contribution in [0.3, 0.4) is 0 Å². The molecule has 134 valence electrons. The number of hydrogen-bond acceptors (Lipinski definition) is 4. The first-order chi connectivity index (χ1) is 10.5. The number of amides is 1. The second-order valence-corrected chi connectivity index (χ2v) is 5.60. The number of oxazole rings is 1. The van der Waals surface area contributed by atoms with Crippen LogP contribution < -0.4 is 11.1 Å². The van der Waals surface area contributed by atoms with E-state index in [1.54, 1.807) is 6.20 Å². The predicted molar refractivity (Wildman–Crippen MR) is 101 cm³/mol. The molecule has 7 heteroatoms. The molecule has 3 N–H and O–H groups in total. The summed E-state index contributed by atoms with van der Waals surface area (Å²) in [6, 6.07) is 8.16. The van der Waals surface area contributed by atoms with E-state index in [1.807, 2.05) is 38.1 Å². The lowest BCUT2D eigenvalue weighted by Crippen LogP contribution is -2.29. The minimum Gasteiger partial charge on any atom is -0.441 e. The summed E-state index contributed by atoms with van der Waals surface area (Å²) in [5.41, 5.74) is 7.83. The predicted octanol–water partition coefficient (Wildman–Crippen LogP) is 3.28. The van der Waals surface area contributed by atoms with Crippen molar-refractivity contribution in [2.24, 2.45) is 5.73 Å². The Kier molecular flexibility index (Phi) is 10.4. The standard InChI is InChI=1S/C17H23N3O2.2ClH/c1-12-3-5-14(6-4-12)15-11-20-17(22-15)8-7-16(21)19-10-9-13(2)18;;/h3-6,11,13H,7-10,18H2,1-2H3,(H,19,21);2*1H.